The van der Waals surface area contributed by atoms with E-state index in [0.717, 1.165) is 37.7 Å². The highest BCUT2D eigenvalue weighted by Gasteiger charge is 2.63. The predicted octanol–water partition coefficient (Wildman–Crippen LogP) is 5.10. The van der Waals surface area contributed by atoms with E-state index in [4.69, 9.17) is 0 Å². The number of carbonyl (C=O) groups excluding carboxylic acids is 1. The largest absolute Gasteiger partial charge is 0.393 e. The molecule has 194 valence electrons. The summed E-state index contributed by atoms with van der Waals surface area (Å²) in [5.74, 6) is 3.52. The molecule has 4 fully saturated rings. The summed E-state index contributed by atoms with van der Waals surface area (Å²) in [6.45, 7) is 7.71. The Labute approximate surface area is 211 Å². The maximum atomic E-state index is 12.5. The molecule has 0 aromatic carbocycles. The molecule has 0 spiro atoms. The molecule has 35 heavy (non-hydrogen) atoms. The van der Waals surface area contributed by atoms with E-state index in [1.165, 1.54) is 25.7 Å². The SMILES string of the molecule is C[C@H](CCC(=O)NCc1cccnc1)[C@@H]1CC[C@@H]2[C@@H]3CC[C@H]4C[C@H](O)CC[C@]4(C)[C@@H]3C[C@H](O)[C@@]21C. The van der Waals surface area contributed by atoms with Crippen LogP contribution in [0.4, 0.5) is 0 Å². The van der Waals surface area contributed by atoms with Crippen LogP contribution in [0.25, 0.3) is 0 Å². The molecule has 10 atom stereocenters. The van der Waals surface area contributed by atoms with Gasteiger partial charge in [-0.05, 0) is 116 Å². The molecule has 4 aliphatic carbocycles. The van der Waals surface area contributed by atoms with Gasteiger partial charge >= 0.3 is 0 Å². The van der Waals surface area contributed by atoms with E-state index >= 15 is 0 Å². The van der Waals surface area contributed by atoms with Crippen LogP contribution in [0, 0.1) is 46.3 Å². The van der Waals surface area contributed by atoms with Crippen molar-refractivity contribution in [2.45, 2.75) is 104 Å². The Morgan fingerprint density at radius 3 is 2.74 bits per heavy atom. The summed E-state index contributed by atoms with van der Waals surface area (Å²) < 4.78 is 0. The molecule has 0 radical (unpaired) electrons. The zero-order valence-corrected chi connectivity index (χ0v) is 22.0. The highest BCUT2D eigenvalue weighted by molar-refractivity contribution is 5.75. The van der Waals surface area contributed by atoms with Crippen LogP contribution in [0.1, 0.15) is 90.5 Å². The lowest BCUT2D eigenvalue weighted by Crippen LogP contribution is -2.58. The highest BCUT2D eigenvalue weighted by atomic mass is 16.3. The first kappa shape index (κ1) is 25.2. The first-order valence-corrected chi connectivity index (χ1v) is 14.2. The molecule has 5 heteroatoms. The van der Waals surface area contributed by atoms with Crippen LogP contribution in [0.5, 0.6) is 0 Å². The van der Waals surface area contributed by atoms with E-state index in [0.29, 0.717) is 48.5 Å². The lowest BCUT2D eigenvalue weighted by molar-refractivity contribution is -0.174. The Morgan fingerprint density at radius 1 is 1.14 bits per heavy atom. The monoisotopic (exact) mass is 482 g/mol. The highest BCUT2D eigenvalue weighted by Crippen LogP contribution is 2.68. The number of nitrogens with zero attached hydrogens (tertiary/aromatic N) is 1. The van der Waals surface area contributed by atoms with E-state index in [1.54, 1.807) is 12.4 Å². The number of aromatic nitrogens is 1. The molecular weight excluding hydrogens is 436 g/mol. The molecule has 1 heterocycles. The minimum Gasteiger partial charge on any atom is -0.393 e. The van der Waals surface area contributed by atoms with E-state index in [-0.39, 0.29) is 28.9 Å². The predicted molar refractivity (Wildman–Crippen MR) is 137 cm³/mol. The molecule has 1 aromatic heterocycles. The summed E-state index contributed by atoms with van der Waals surface area (Å²) in [7, 11) is 0. The van der Waals surface area contributed by atoms with E-state index in [1.807, 2.05) is 12.1 Å². The average Bonchev–Trinajstić information content (AvgIpc) is 3.22. The Kier molecular flexibility index (Phi) is 7.04. The van der Waals surface area contributed by atoms with Crippen LogP contribution in [-0.2, 0) is 11.3 Å². The van der Waals surface area contributed by atoms with Crippen molar-refractivity contribution in [3.63, 3.8) is 0 Å². The van der Waals surface area contributed by atoms with Gasteiger partial charge in [-0.1, -0.05) is 26.8 Å². The fourth-order valence-electron chi connectivity index (χ4n) is 9.51. The van der Waals surface area contributed by atoms with Gasteiger partial charge in [-0.2, -0.15) is 0 Å². The molecule has 3 N–H and O–H groups in total. The minimum atomic E-state index is -0.259. The Balaban J connectivity index is 1.22. The molecule has 0 saturated heterocycles. The van der Waals surface area contributed by atoms with E-state index in [2.05, 4.69) is 31.1 Å². The van der Waals surface area contributed by atoms with Crippen molar-refractivity contribution >= 4 is 5.91 Å². The van der Waals surface area contributed by atoms with Gasteiger partial charge in [-0.15, -0.1) is 0 Å². The van der Waals surface area contributed by atoms with Gasteiger partial charge < -0.3 is 15.5 Å². The number of hydrogen-bond acceptors (Lipinski definition) is 4. The van der Waals surface area contributed by atoms with E-state index < -0.39 is 0 Å². The molecule has 5 nitrogen and oxygen atoms in total. The van der Waals surface area contributed by atoms with Gasteiger partial charge in [0.05, 0.1) is 12.2 Å². The molecule has 0 unspecified atom stereocenters. The van der Waals surface area contributed by atoms with Gasteiger partial charge in [-0.3, -0.25) is 9.78 Å². The number of pyridine rings is 1. The summed E-state index contributed by atoms with van der Waals surface area (Å²) in [4.78, 5) is 16.7. The van der Waals surface area contributed by atoms with Crippen LogP contribution >= 0.6 is 0 Å². The van der Waals surface area contributed by atoms with Gasteiger partial charge in [0, 0.05) is 25.4 Å². The van der Waals surface area contributed by atoms with Crippen molar-refractivity contribution in [1.29, 1.82) is 0 Å². The fraction of sp³-hybridized carbons (Fsp3) is 0.800. The van der Waals surface area contributed by atoms with Gasteiger partial charge in [-0.25, -0.2) is 0 Å². The summed E-state index contributed by atoms with van der Waals surface area (Å²) in [5, 5.41) is 25.0. The lowest BCUT2D eigenvalue weighted by Gasteiger charge is -2.62. The zero-order chi connectivity index (χ0) is 24.8. The van der Waals surface area contributed by atoms with Crippen LogP contribution in [0.3, 0.4) is 0 Å². The van der Waals surface area contributed by atoms with E-state index in [9.17, 15) is 15.0 Å². The van der Waals surface area contributed by atoms with Crippen molar-refractivity contribution in [2.24, 2.45) is 46.3 Å². The molecule has 5 rings (SSSR count). The number of amides is 1. The number of nitrogens with one attached hydrogen (secondary N) is 1. The van der Waals surface area contributed by atoms with Gasteiger partial charge in [0.15, 0.2) is 0 Å². The zero-order valence-electron chi connectivity index (χ0n) is 22.0. The first-order chi connectivity index (χ1) is 16.7. The molecule has 4 saturated carbocycles. The van der Waals surface area contributed by atoms with Gasteiger partial charge in [0.25, 0.3) is 0 Å². The van der Waals surface area contributed by atoms with Crippen LogP contribution < -0.4 is 5.32 Å². The first-order valence-electron chi connectivity index (χ1n) is 14.2. The summed E-state index contributed by atoms with van der Waals surface area (Å²) in [6.07, 6.45) is 13.4. The average molecular weight is 483 g/mol. The molecular formula is C30H46N2O3. The number of aliphatic hydroxyl groups excluding tert-OH is 2. The molecule has 1 amide bonds. The van der Waals surface area contributed by atoms with Crippen LogP contribution in [0.15, 0.2) is 24.5 Å². The molecule has 0 bridgehead atoms. The fourth-order valence-corrected chi connectivity index (χ4v) is 9.51. The number of fused-ring (bicyclic) bond motifs is 5. The lowest BCUT2D eigenvalue weighted by atomic mass is 9.43. The van der Waals surface area contributed by atoms with Crippen molar-refractivity contribution < 1.29 is 15.0 Å². The second-order valence-electron chi connectivity index (χ2n) is 13.0. The van der Waals surface area contributed by atoms with Crippen LogP contribution in [0.2, 0.25) is 0 Å². The normalized spacial score (nSPS) is 43.5. The van der Waals surface area contributed by atoms with Crippen molar-refractivity contribution in [3.8, 4) is 0 Å². The standard InChI is InChI=1S/C30H46N2O3/c1-19(6-11-28(35)32-18-20-5-4-14-31-17-20)24-9-10-25-23-8-7-21-15-22(33)12-13-29(21,2)26(23)16-27(34)30(24,25)3/h4-5,14,17,19,21-27,33-34H,6-13,15-16,18H2,1-3H3,(H,32,35)/t19-,21+,22-,23+,24+,25-,26-,27+,29+,30-/m1/s1. The van der Waals surface area contributed by atoms with Crippen molar-refractivity contribution in [1.82, 2.24) is 10.3 Å². The summed E-state index contributed by atoms with van der Waals surface area (Å²) in [5.41, 5.74) is 1.26. The van der Waals surface area contributed by atoms with Crippen molar-refractivity contribution in [3.05, 3.63) is 30.1 Å². The Morgan fingerprint density at radius 2 is 1.97 bits per heavy atom. The molecule has 4 aliphatic rings. The molecule has 0 aliphatic heterocycles. The van der Waals surface area contributed by atoms with Crippen molar-refractivity contribution in [2.75, 3.05) is 0 Å². The maximum absolute atomic E-state index is 12.5. The maximum Gasteiger partial charge on any atom is 0.220 e. The third kappa shape index (κ3) is 4.45. The van der Waals surface area contributed by atoms with Crippen LogP contribution in [-0.4, -0.2) is 33.3 Å². The number of aliphatic hydroxyl groups is 2. The molecule has 1 aromatic rings. The number of rotatable bonds is 6. The smallest absolute Gasteiger partial charge is 0.220 e. The Hall–Kier alpha value is -1.46. The third-order valence-corrected chi connectivity index (χ3v) is 11.5. The summed E-state index contributed by atoms with van der Waals surface area (Å²) in [6, 6.07) is 3.88. The summed E-state index contributed by atoms with van der Waals surface area (Å²) >= 11 is 0. The van der Waals surface area contributed by atoms with Gasteiger partial charge in [0.2, 0.25) is 5.91 Å². The van der Waals surface area contributed by atoms with Gasteiger partial charge in [0.1, 0.15) is 0 Å². The number of hydrogen-bond donors (Lipinski definition) is 3. The number of carbonyl (C=O) groups is 1. The third-order valence-electron chi connectivity index (χ3n) is 11.5. The second kappa shape index (κ2) is 9.78. The minimum absolute atomic E-state index is 0.0376. The Bertz CT molecular complexity index is 893. The quantitative estimate of drug-likeness (QED) is 0.527. The topological polar surface area (TPSA) is 82.5 Å². The second-order valence-corrected chi connectivity index (χ2v) is 13.0.